The van der Waals surface area contributed by atoms with Crippen LogP contribution in [-0.2, 0) is 0 Å². The number of rotatable bonds is 3. The van der Waals surface area contributed by atoms with Crippen molar-refractivity contribution in [1.29, 1.82) is 0 Å². The molecule has 0 aromatic rings. The second kappa shape index (κ2) is 17.7. The summed E-state index contributed by atoms with van der Waals surface area (Å²) in [5.74, 6) is 0. The Labute approximate surface area is 180 Å². The van der Waals surface area contributed by atoms with Gasteiger partial charge < -0.3 is 14.7 Å². The predicted molar refractivity (Wildman–Crippen MR) is 131 cm³/mol. The van der Waals surface area contributed by atoms with Crippen LogP contribution < -0.4 is 0 Å². The third kappa shape index (κ3) is 13.2. The van der Waals surface area contributed by atoms with E-state index in [1.54, 1.807) is 0 Å². The largest absolute Gasteiger partial charge is 0.301 e. The Kier molecular flexibility index (Phi) is 19.0. The highest BCUT2D eigenvalue weighted by Gasteiger charge is 2.13. The maximum absolute atomic E-state index is 2.56. The molecule has 0 N–H and O–H groups in total. The van der Waals surface area contributed by atoms with E-state index in [2.05, 4.69) is 56.2 Å². The van der Waals surface area contributed by atoms with E-state index in [9.17, 15) is 0 Å². The van der Waals surface area contributed by atoms with Crippen molar-refractivity contribution in [1.82, 2.24) is 14.7 Å². The lowest BCUT2D eigenvalue weighted by molar-refractivity contribution is 0.185. The molecule has 3 aliphatic heterocycles. The van der Waals surface area contributed by atoms with Crippen LogP contribution in [0.15, 0.2) is 0 Å². The second-order valence-corrected chi connectivity index (χ2v) is 9.22. The Morgan fingerprint density at radius 3 is 0.679 bits per heavy atom. The van der Waals surface area contributed by atoms with Crippen molar-refractivity contribution in [3.05, 3.63) is 0 Å². The smallest absolute Gasteiger partial charge is 0.00385 e. The van der Waals surface area contributed by atoms with Crippen LogP contribution in [0, 0.1) is 0 Å². The third-order valence-corrected chi connectivity index (χ3v) is 6.11. The fraction of sp³-hybridized carbons (Fsp3) is 1.00. The van der Waals surface area contributed by atoms with Crippen LogP contribution in [0.4, 0.5) is 0 Å². The highest BCUT2D eigenvalue weighted by atomic mass is 15.2. The zero-order valence-electron chi connectivity index (χ0n) is 19.0. The fourth-order valence-electron chi connectivity index (χ4n) is 4.13. The Morgan fingerprint density at radius 2 is 0.536 bits per heavy atom. The predicted octanol–water partition coefficient (Wildman–Crippen LogP) is 6.52. The van der Waals surface area contributed by atoms with Gasteiger partial charge in [0.2, 0.25) is 0 Å². The molecule has 3 nitrogen and oxygen atoms in total. The first kappa shape index (κ1) is 30.1. The van der Waals surface area contributed by atoms with Crippen molar-refractivity contribution in [3.63, 3.8) is 0 Å². The van der Waals surface area contributed by atoms with Crippen molar-refractivity contribution in [3.8, 4) is 0 Å². The Bertz CT molecular complexity index is 288. The number of hydrogen-bond acceptors (Lipinski definition) is 3. The summed E-state index contributed by atoms with van der Waals surface area (Å²) >= 11 is 0. The average molecular weight is 400 g/mol. The topological polar surface area (TPSA) is 9.72 Å². The molecule has 3 rings (SSSR count). The van der Waals surface area contributed by atoms with Crippen molar-refractivity contribution >= 4 is 0 Å². The first-order chi connectivity index (χ1) is 12.4. The summed E-state index contributed by atoms with van der Waals surface area (Å²) in [7, 11) is 0. The molecule has 3 heteroatoms. The van der Waals surface area contributed by atoms with Crippen molar-refractivity contribution in [2.24, 2.45) is 0 Å². The molecular weight excluding hydrogens is 342 g/mol. The summed E-state index contributed by atoms with van der Waals surface area (Å²) in [6, 6.07) is 2.31. The average Bonchev–Trinajstić information content (AvgIpc) is 3.19. The van der Waals surface area contributed by atoms with E-state index in [4.69, 9.17) is 0 Å². The van der Waals surface area contributed by atoms with Gasteiger partial charge >= 0.3 is 0 Å². The Balaban J connectivity index is 0. The number of piperidine rings is 2. The van der Waals surface area contributed by atoms with Gasteiger partial charge in [0.05, 0.1) is 0 Å². The van der Waals surface area contributed by atoms with Gasteiger partial charge in [-0.3, -0.25) is 0 Å². The molecule has 0 saturated carbocycles. The van der Waals surface area contributed by atoms with Gasteiger partial charge in [-0.05, 0) is 119 Å². The SMILES string of the molecule is C.C.CC(C)N1CCCC1.CC(C)N1CCCCC1.CC(C)N1CCCCC1. The Morgan fingerprint density at radius 1 is 0.357 bits per heavy atom. The van der Waals surface area contributed by atoms with Gasteiger partial charge in [0.1, 0.15) is 0 Å². The van der Waals surface area contributed by atoms with Crippen LogP contribution in [-0.4, -0.2) is 72.1 Å². The van der Waals surface area contributed by atoms with Gasteiger partial charge in [-0.15, -0.1) is 0 Å². The van der Waals surface area contributed by atoms with E-state index in [0.29, 0.717) is 0 Å². The zero-order chi connectivity index (χ0) is 19.4. The van der Waals surface area contributed by atoms with Crippen molar-refractivity contribution in [2.75, 3.05) is 39.3 Å². The van der Waals surface area contributed by atoms with Gasteiger partial charge in [0.15, 0.2) is 0 Å². The summed E-state index contributed by atoms with van der Waals surface area (Å²) in [5, 5.41) is 0. The first-order valence-corrected chi connectivity index (χ1v) is 11.6. The molecule has 3 saturated heterocycles. The number of nitrogens with zero attached hydrogens (tertiary/aromatic N) is 3. The number of likely N-dealkylation sites (tertiary alicyclic amines) is 3. The molecule has 0 aromatic carbocycles. The molecule has 0 radical (unpaired) electrons. The van der Waals surface area contributed by atoms with Gasteiger partial charge in [0.25, 0.3) is 0 Å². The van der Waals surface area contributed by atoms with Crippen LogP contribution >= 0.6 is 0 Å². The van der Waals surface area contributed by atoms with Crippen molar-refractivity contribution in [2.45, 2.75) is 126 Å². The van der Waals surface area contributed by atoms with Gasteiger partial charge in [-0.2, -0.15) is 0 Å². The minimum atomic E-state index is 0. The van der Waals surface area contributed by atoms with E-state index in [0.717, 1.165) is 18.1 Å². The van der Waals surface area contributed by atoms with Crippen LogP contribution in [0.3, 0.4) is 0 Å². The van der Waals surface area contributed by atoms with E-state index in [1.807, 2.05) is 0 Å². The van der Waals surface area contributed by atoms with Crippen LogP contribution in [0.25, 0.3) is 0 Å². The van der Waals surface area contributed by atoms with Gasteiger partial charge in [-0.1, -0.05) is 27.7 Å². The van der Waals surface area contributed by atoms with E-state index in [-0.39, 0.29) is 14.9 Å². The molecule has 3 aliphatic rings. The minimum absolute atomic E-state index is 0. The quantitative estimate of drug-likeness (QED) is 0.534. The lowest BCUT2D eigenvalue weighted by Gasteiger charge is -2.29. The zero-order valence-corrected chi connectivity index (χ0v) is 19.0. The monoisotopic (exact) mass is 399 g/mol. The molecule has 172 valence electrons. The molecule has 28 heavy (non-hydrogen) atoms. The summed E-state index contributed by atoms with van der Waals surface area (Å²) in [6.45, 7) is 21.7. The summed E-state index contributed by atoms with van der Waals surface area (Å²) in [5.41, 5.74) is 0. The normalized spacial score (nSPS) is 21.3. The molecule has 3 fully saturated rings. The molecule has 0 aromatic heterocycles. The standard InChI is InChI=1S/2C8H17N.C7H15N.2CH4/c2*1-8(2)9-6-4-3-5-7-9;1-7(2)8-5-3-4-6-8;;/h2*8H,3-7H2,1-2H3;7H,3-6H2,1-2H3;2*1H4. The molecule has 0 bridgehead atoms. The van der Waals surface area contributed by atoms with Crippen molar-refractivity contribution < 1.29 is 0 Å². The number of hydrogen-bond donors (Lipinski definition) is 0. The first-order valence-electron chi connectivity index (χ1n) is 11.6. The van der Waals surface area contributed by atoms with Crippen LogP contribution in [0.5, 0.6) is 0 Å². The molecule has 0 amide bonds. The molecule has 0 atom stereocenters. The summed E-state index contributed by atoms with van der Waals surface area (Å²) in [6.07, 6.45) is 11.4. The van der Waals surface area contributed by atoms with Gasteiger partial charge in [0, 0.05) is 18.1 Å². The summed E-state index contributed by atoms with van der Waals surface area (Å²) < 4.78 is 0. The third-order valence-electron chi connectivity index (χ3n) is 6.11. The van der Waals surface area contributed by atoms with E-state index >= 15 is 0 Å². The highest BCUT2D eigenvalue weighted by molar-refractivity contribution is 4.69. The lowest BCUT2D eigenvalue weighted by Crippen LogP contribution is -2.35. The maximum atomic E-state index is 2.56. The van der Waals surface area contributed by atoms with Crippen LogP contribution in [0.2, 0.25) is 0 Å². The van der Waals surface area contributed by atoms with Crippen LogP contribution in [0.1, 0.15) is 108 Å². The van der Waals surface area contributed by atoms with Gasteiger partial charge in [-0.25, -0.2) is 0 Å². The van der Waals surface area contributed by atoms with E-state index < -0.39 is 0 Å². The molecule has 3 heterocycles. The molecule has 0 spiro atoms. The molecule has 0 unspecified atom stereocenters. The highest BCUT2D eigenvalue weighted by Crippen LogP contribution is 2.12. The maximum Gasteiger partial charge on any atom is 0.00385 e. The second-order valence-electron chi connectivity index (χ2n) is 9.22. The molecular formula is C25H57N3. The lowest BCUT2D eigenvalue weighted by atomic mass is 10.1. The fourth-order valence-corrected chi connectivity index (χ4v) is 4.13. The Hall–Kier alpha value is -0.120. The van der Waals surface area contributed by atoms with E-state index in [1.165, 1.54) is 90.6 Å². The molecule has 0 aliphatic carbocycles. The minimum Gasteiger partial charge on any atom is -0.301 e. The summed E-state index contributed by atoms with van der Waals surface area (Å²) in [4.78, 5) is 7.65.